The molecule has 2 heterocycles. The number of nitrogens with two attached hydrogens (primary N) is 1. The quantitative estimate of drug-likeness (QED) is 0.878. The van der Waals surface area contributed by atoms with E-state index in [1.165, 1.54) is 0 Å². The minimum Gasteiger partial charge on any atom is -0.393 e. The lowest BCUT2D eigenvalue weighted by atomic mass is 9.82. The van der Waals surface area contributed by atoms with Crippen LogP contribution in [0, 0.1) is 5.92 Å². The summed E-state index contributed by atoms with van der Waals surface area (Å²) in [6, 6.07) is 2.03. The Balaban J connectivity index is 1.86. The van der Waals surface area contributed by atoms with Crippen LogP contribution >= 0.6 is 11.3 Å². The van der Waals surface area contributed by atoms with Crippen LogP contribution in [0.5, 0.6) is 0 Å². The number of hydrogen-bond donors (Lipinski definition) is 2. The number of aromatic nitrogens is 2. The van der Waals surface area contributed by atoms with Crippen LogP contribution in [0.3, 0.4) is 0 Å². The van der Waals surface area contributed by atoms with Gasteiger partial charge in [-0.25, -0.2) is 4.98 Å². The molecular formula is C12H16N4OS. The second-order valence-corrected chi connectivity index (χ2v) is 5.81. The second kappa shape index (κ2) is 4.37. The van der Waals surface area contributed by atoms with E-state index in [0.717, 1.165) is 35.4 Å². The molecule has 1 aliphatic carbocycles. The molecule has 0 bridgehead atoms. The van der Waals surface area contributed by atoms with Crippen molar-refractivity contribution in [2.75, 3.05) is 24.2 Å². The largest absolute Gasteiger partial charge is 0.393 e. The molecule has 3 N–H and O–H groups in total. The lowest BCUT2D eigenvalue weighted by molar-refractivity contribution is 0.0464. The zero-order valence-corrected chi connectivity index (χ0v) is 11.0. The van der Waals surface area contributed by atoms with E-state index < -0.39 is 0 Å². The molecule has 0 amide bonds. The zero-order chi connectivity index (χ0) is 12.7. The van der Waals surface area contributed by atoms with Crippen LogP contribution in [0.15, 0.2) is 11.4 Å². The minimum atomic E-state index is -0.111. The van der Waals surface area contributed by atoms with Crippen LogP contribution in [0.1, 0.15) is 12.8 Å². The van der Waals surface area contributed by atoms with Gasteiger partial charge in [-0.1, -0.05) is 0 Å². The molecule has 1 saturated carbocycles. The molecule has 6 heteroatoms. The van der Waals surface area contributed by atoms with E-state index in [4.69, 9.17) is 5.73 Å². The standard InChI is InChI=1S/C12H16N4OS/c1-16(6-7-4-8(17)5-7)10-9-2-3-18-11(9)15-12(13)14-10/h2-3,7-8,17H,4-6H2,1H3,(H2,13,14,15). The Morgan fingerprint density at radius 3 is 3.00 bits per heavy atom. The number of thiophene rings is 1. The molecule has 1 aliphatic rings. The van der Waals surface area contributed by atoms with E-state index in [2.05, 4.69) is 14.9 Å². The number of nitrogens with zero attached hydrogens (tertiary/aromatic N) is 3. The van der Waals surface area contributed by atoms with Gasteiger partial charge in [0.05, 0.1) is 11.5 Å². The van der Waals surface area contributed by atoms with Crippen LogP contribution in [-0.2, 0) is 0 Å². The maximum atomic E-state index is 9.32. The Kier molecular flexibility index (Phi) is 2.83. The summed E-state index contributed by atoms with van der Waals surface area (Å²) in [7, 11) is 2.02. The van der Waals surface area contributed by atoms with Crippen molar-refractivity contribution in [1.82, 2.24) is 9.97 Å². The number of rotatable bonds is 3. The predicted molar refractivity (Wildman–Crippen MR) is 73.8 cm³/mol. The van der Waals surface area contributed by atoms with Gasteiger partial charge in [-0.05, 0) is 30.2 Å². The first-order valence-electron chi connectivity index (χ1n) is 6.03. The van der Waals surface area contributed by atoms with Crippen molar-refractivity contribution >= 4 is 33.3 Å². The van der Waals surface area contributed by atoms with Gasteiger partial charge in [0.25, 0.3) is 0 Å². The summed E-state index contributed by atoms with van der Waals surface area (Å²) < 4.78 is 0. The molecule has 0 saturated heterocycles. The van der Waals surface area contributed by atoms with Gasteiger partial charge in [-0.3, -0.25) is 0 Å². The summed E-state index contributed by atoms with van der Waals surface area (Å²) in [4.78, 5) is 11.6. The Labute approximate surface area is 109 Å². The minimum absolute atomic E-state index is 0.111. The fourth-order valence-corrected chi connectivity index (χ4v) is 3.24. The fourth-order valence-electron chi connectivity index (χ4n) is 2.47. The van der Waals surface area contributed by atoms with Crippen LogP contribution < -0.4 is 10.6 Å². The molecule has 18 heavy (non-hydrogen) atoms. The molecule has 5 nitrogen and oxygen atoms in total. The van der Waals surface area contributed by atoms with E-state index in [9.17, 15) is 5.11 Å². The van der Waals surface area contributed by atoms with Crippen LogP contribution in [0.2, 0.25) is 0 Å². The normalized spacial score (nSPS) is 23.0. The third-order valence-electron chi connectivity index (χ3n) is 3.43. The van der Waals surface area contributed by atoms with Crippen molar-refractivity contribution in [3.8, 4) is 0 Å². The summed E-state index contributed by atoms with van der Waals surface area (Å²) >= 11 is 1.57. The van der Waals surface area contributed by atoms with E-state index in [1.54, 1.807) is 11.3 Å². The van der Waals surface area contributed by atoms with Gasteiger partial charge in [0.1, 0.15) is 10.6 Å². The first-order valence-corrected chi connectivity index (χ1v) is 6.91. The maximum absolute atomic E-state index is 9.32. The predicted octanol–water partition coefficient (Wildman–Crippen LogP) is 1.48. The third-order valence-corrected chi connectivity index (χ3v) is 4.23. The van der Waals surface area contributed by atoms with Crippen molar-refractivity contribution in [1.29, 1.82) is 0 Å². The number of aliphatic hydroxyl groups excluding tert-OH is 1. The van der Waals surface area contributed by atoms with Gasteiger partial charge in [0, 0.05) is 13.6 Å². The van der Waals surface area contributed by atoms with Gasteiger partial charge in [-0.2, -0.15) is 4.98 Å². The Bertz CT molecular complexity index is 564. The Morgan fingerprint density at radius 1 is 1.50 bits per heavy atom. The van der Waals surface area contributed by atoms with E-state index in [-0.39, 0.29) is 6.10 Å². The molecule has 0 aromatic carbocycles. The van der Waals surface area contributed by atoms with Crippen molar-refractivity contribution in [2.24, 2.45) is 5.92 Å². The highest BCUT2D eigenvalue weighted by Gasteiger charge is 2.28. The lowest BCUT2D eigenvalue weighted by Gasteiger charge is -2.34. The van der Waals surface area contributed by atoms with Crippen LogP contribution in [0.25, 0.3) is 10.2 Å². The van der Waals surface area contributed by atoms with E-state index >= 15 is 0 Å². The van der Waals surface area contributed by atoms with Crippen LogP contribution in [-0.4, -0.2) is 34.8 Å². The summed E-state index contributed by atoms with van der Waals surface area (Å²) in [5.74, 6) is 1.76. The average molecular weight is 264 g/mol. The molecule has 0 unspecified atom stereocenters. The van der Waals surface area contributed by atoms with E-state index in [1.807, 2.05) is 18.5 Å². The SMILES string of the molecule is CN(CC1CC(O)C1)c1nc(N)nc2sccc12. The first-order chi connectivity index (χ1) is 8.63. The van der Waals surface area contributed by atoms with Crippen molar-refractivity contribution in [2.45, 2.75) is 18.9 Å². The van der Waals surface area contributed by atoms with Crippen LogP contribution in [0.4, 0.5) is 11.8 Å². The summed E-state index contributed by atoms with van der Waals surface area (Å²) in [6.45, 7) is 0.901. The number of aliphatic hydroxyl groups is 1. The molecule has 0 aliphatic heterocycles. The van der Waals surface area contributed by atoms with Crippen molar-refractivity contribution < 1.29 is 5.11 Å². The second-order valence-electron chi connectivity index (χ2n) is 4.92. The fraction of sp³-hybridized carbons (Fsp3) is 0.500. The highest BCUT2D eigenvalue weighted by molar-refractivity contribution is 7.16. The van der Waals surface area contributed by atoms with Gasteiger partial charge in [-0.15, -0.1) is 11.3 Å². The van der Waals surface area contributed by atoms with Crippen molar-refractivity contribution in [3.63, 3.8) is 0 Å². The summed E-state index contributed by atoms with van der Waals surface area (Å²) in [6.07, 6.45) is 1.66. The average Bonchev–Trinajstić information content (AvgIpc) is 2.73. The molecule has 1 fully saturated rings. The van der Waals surface area contributed by atoms with Gasteiger partial charge < -0.3 is 15.7 Å². The first kappa shape index (κ1) is 11.7. The van der Waals surface area contributed by atoms with Crippen molar-refractivity contribution in [3.05, 3.63) is 11.4 Å². The third kappa shape index (κ3) is 2.02. The molecule has 2 aromatic heterocycles. The van der Waals surface area contributed by atoms with Gasteiger partial charge in [0.2, 0.25) is 5.95 Å². The number of fused-ring (bicyclic) bond motifs is 1. The molecule has 0 spiro atoms. The molecule has 3 rings (SSSR count). The molecule has 96 valence electrons. The molecule has 0 atom stereocenters. The van der Waals surface area contributed by atoms with Gasteiger partial charge >= 0.3 is 0 Å². The highest BCUT2D eigenvalue weighted by atomic mass is 32.1. The monoisotopic (exact) mass is 264 g/mol. The Hall–Kier alpha value is -1.40. The molecular weight excluding hydrogens is 248 g/mol. The van der Waals surface area contributed by atoms with E-state index in [0.29, 0.717) is 11.9 Å². The summed E-state index contributed by atoms with van der Waals surface area (Å²) in [5, 5.41) is 12.4. The number of hydrogen-bond acceptors (Lipinski definition) is 6. The maximum Gasteiger partial charge on any atom is 0.223 e. The number of nitrogen functional groups attached to an aromatic ring is 1. The zero-order valence-electron chi connectivity index (χ0n) is 10.2. The smallest absolute Gasteiger partial charge is 0.223 e. The molecule has 0 radical (unpaired) electrons. The van der Waals surface area contributed by atoms with Gasteiger partial charge in [0.15, 0.2) is 0 Å². The number of anilines is 2. The topological polar surface area (TPSA) is 75.3 Å². The lowest BCUT2D eigenvalue weighted by Crippen LogP contribution is -2.37. The Morgan fingerprint density at radius 2 is 2.28 bits per heavy atom. The highest BCUT2D eigenvalue weighted by Crippen LogP contribution is 2.32. The summed E-state index contributed by atoms with van der Waals surface area (Å²) in [5.41, 5.74) is 5.74. The molecule has 2 aromatic rings.